The number of para-hydroxylation sites is 1. The highest BCUT2D eigenvalue weighted by molar-refractivity contribution is 5.99. The molecule has 2 aromatic carbocycles. The van der Waals surface area contributed by atoms with E-state index in [2.05, 4.69) is 18.8 Å². The number of fused-ring (bicyclic) bond motifs is 2. The Labute approximate surface area is 197 Å². The third kappa shape index (κ3) is 4.07. The first-order chi connectivity index (χ1) is 16.5. The zero-order valence-electron chi connectivity index (χ0n) is 19.2. The first-order valence-corrected chi connectivity index (χ1v) is 11.5. The fraction of sp³-hybridized carbons (Fsp3) is 0.250. The maximum atomic E-state index is 13.6. The van der Waals surface area contributed by atoms with Crippen LogP contribution >= 0.6 is 0 Å². The van der Waals surface area contributed by atoms with E-state index in [-0.39, 0.29) is 17.1 Å². The summed E-state index contributed by atoms with van der Waals surface area (Å²) in [6.45, 7) is 5.21. The van der Waals surface area contributed by atoms with Gasteiger partial charge in [-0.3, -0.25) is 14.6 Å². The van der Waals surface area contributed by atoms with Crippen LogP contribution in [0.3, 0.4) is 0 Å². The number of hydrogen-bond acceptors (Lipinski definition) is 5. The van der Waals surface area contributed by atoms with E-state index in [0.29, 0.717) is 41.4 Å². The van der Waals surface area contributed by atoms with Crippen LogP contribution in [-0.4, -0.2) is 22.4 Å². The highest BCUT2D eigenvalue weighted by atomic mass is 16.5. The van der Waals surface area contributed by atoms with E-state index in [0.717, 1.165) is 17.5 Å². The third-order valence-corrected chi connectivity index (χ3v) is 6.09. The maximum Gasteiger partial charge on any atom is 0.291 e. The zero-order valence-corrected chi connectivity index (χ0v) is 19.2. The van der Waals surface area contributed by atoms with Crippen LogP contribution in [0.4, 0.5) is 0 Å². The molecule has 6 nitrogen and oxygen atoms in total. The topological polar surface area (TPSA) is 72.6 Å². The molecule has 6 heteroatoms. The lowest BCUT2D eigenvalue weighted by atomic mass is 9.98. The van der Waals surface area contributed by atoms with Gasteiger partial charge in [0.2, 0.25) is 5.76 Å². The smallest absolute Gasteiger partial charge is 0.291 e. The van der Waals surface area contributed by atoms with E-state index >= 15 is 0 Å². The van der Waals surface area contributed by atoms with Crippen LogP contribution in [0.1, 0.15) is 53.6 Å². The molecule has 1 unspecified atom stereocenters. The molecule has 0 bridgehead atoms. The van der Waals surface area contributed by atoms with E-state index < -0.39 is 6.04 Å². The molecule has 1 atom stereocenters. The lowest BCUT2D eigenvalue weighted by Crippen LogP contribution is -2.29. The minimum atomic E-state index is -0.586. The Bertz CT molecular complexity index is 1390. The fourth-order valence-corrected chi connectivity index (χ4v) is 4.35. The number of aromatic nitrogens is 1. The number of rotatable bonds is 7. The summed E-state index contributed by atoms with van der Waals surface area (Å²) in [6, 6.07) is 17.8. The predicted molar refractivity (Wildman–Crippen MR) is 130 cm³/mol. The van der Waals surface area contributed by atoms with Gasteiger partial charge in [0.25, 0.3) is 5.91 Å². The fourth-order valence-electron chi connectivity index (χ4n) is 4.35. The van der Waals surface area contributed by atoms with Crippen molar-refractivity contribution in [1.29, 1.82) is 0 Å². The van der Waals surface area contributed by atoms with Crippen LogP contribution in [0.15, 0.2) is 82.3 Å². The van der Waals surface area contributed by atoms with Crippen LogP contribution in [-0.2, 0) is 6.54 Å². The van der Waals surface area contributed by atoms with Crippen LogP contribution in [0.2, 0.25) is 0 Å². The van der Waals surface area contributed by atoms with Crippen LogP contribution in [0.25, 0.3) is 11.0 Å². The summed E-state index contributed by atoms with van der Waals surface area (Å²) in [6.07, 6.45) is 4.36. The van der Waals surface area contributed by atoms with Crippen molar-refractivity contribution in [2.45, 2.75) is 32.9 Å². The number of carbonyl (C=O) groups is 1. The van der Waals surface area contributed by atoms with Gasteiger partial charge in [-0.1, -0.05) is 44.2 Å². The average Bonchev–Trinajstić information content (AvgIpc) is 3.11. The minimum absolute atomic E-state index is 0.101. The van der Waals surface area contributed by atoms with Gasteiger partial charge in [0.1, 0.15) is 11.3 Å². The van der Waals surface area contributed by atoms with Gasteiger partial charge < -0.3 is 14.1 Å². The lowest BCUT2D eigenvalue weighted by Gasteiger charge is -2.25. The second kappa shape index (κ2) is 9.14. The summed E-state index contributed by atoms with van der Waals surface area (Å²) in [5.74, 6) is 1.04. The molecule has 0 spiro atoms. The van der Waals surface area contributed by atoms with Gasteiger partial charge in [-0.2, -0.15) is 0 Å². The molecule has 0 fully saturated rings. The molecule has 34 heavy (non-hydrogen) atoms. The summed E-state index contributed by atoms with van der Waals surface area (Å²) >= 11 is 0. The van der Waals surface area contributed by atoms with Crippen molar-refractivity contribution in [1.82, 2.24) is 9.88 Å². The number of hydrogen-bond donors (Lipinski definition) is 0. The maximum absolute atomic E-state index is 13.6. The second-order valence-corrected chi connectivity index (χ2v) is 8.97. The number of benzene rings is 2. The van der Waals surface area contributed by atoms with Gasteiger partial charge in [-0.25, -0.2) is 0 Å². The van der Waals surface area contributed by atoms with Crippen LogP contribution in [0, 0.1) is 5.92 Å². The number of carbonyl (C=O) groups excluding carboxylic acids is 1. The Morgan fingerprint density at radius 3 is 2.71 bits per heavy atom. The Kier molecular flexibility index (Phi) is 5.88. The van der Waals surface area contributed by atoms with Crippen molar-refractivity contribution >= 4 is 16.9 Å². The summed E-state index contributed by atoms with van der Waals surface area (Å²) < 4.78 is 12.0. The van der Waals surface area contributed by atoms with E-state index in [1.165, 1.54) is 0 Å². The number of amides is 1. The first kappa shape index (κ1) is 21.9. The highest BCUT2D eigenvalue weighted by Crippen LogP contribution is 2.39. The zero-order chi connectivity index (χ0) is 23.7. The summed E-state index contributed by atoms with van der Waals surface area (Å²) in [7, 11) is 0. The quantitative estimate of drug-likeness (QED) is 0.376. The van der Waals surface area contributed by atoms with E-state index in [4.69, 9.17) is 9.15 Å². The molecule has 1 aliphatic heterocycles. The van der Waals surface area contributed by atoms with Gasteiger partial charge in [0.15, 0.2) is 5.43 Å². The summed E-state index contributed by atoms with van der Waals surface area (Å²) in [5, 5.41) is 0.464. The molecule has 0 saturated carbocycles. The molecule has 0 radical (unpaired) electrons. The monoisotopic (exact) mass is 454 g/mol. The van der Waals surface area contributed by atoms with Gasteiger partial charge >= 0.3 is 0 Å². The normalized spacial score (nSPS) is 15.2. The van der Waals surface area contributed by atoms with E-state index in [1.54, 1.807) is 41.6 Å². The SMILES string of the molecule is CC(C)CCOc1cccc(C2c3c(oc4ccccc4c3=O)C(=O)N2Cc2cccnc2)c1. The Hall–Kier alpha value is -3.93. The van der Waals surface area contributed by atoms with Crippen molar-refractivity contribution in [3.8, 4) is 5.75 Å². The number of ether oxygens (including phenoxy) is 1. The van der Waals surface area contributed by atoms with Crippen molar-refractivity contribution in [3.63, 3.8) is 0 Å². The van der Waals surface area contributed by atoms with Crippen molar-refractivity contribution in [3.05, 3.63) is 106 Å². The average molecular weight is 455 g/mol. The molecule has 172 valence electrons. The van der Waals surface area contributed by atoms with Gasteiger partial charge in [0, 0.05) is 18.9 Å². The predicted octanol–water partition coefficient (Wildman–Crippen LogP) is 5.36. The van der Waals surface area contributed by atoms with Gasteiger partial charge in [-0.15, -0.1) is 0 Å². The summed E-state index contributed by atoms with van der Waals surface area (Å²) in [4.78, 5) is 33.0. The number of pyridine rings is 1. The van der Waals surface area contributed by atoms with Gasteiger partial charge in [-0.05, 0) is 53.8 Å². The third-order valence-electron chi connectivity index (χ3n) is 6.09. The van der Waals surface area contributed by atoms with E-state index in [1.807, 2.05) is 36.4 Å². The van der Waals surface area contributed by atoms with E-state index in [9.17, 15) is 9.59 Å². The van der Waals surface area contributed by atoms with Crippen LogP contribution < -0.4 is 10.2 Å². The van der Waals surface area contributed by atoms with Crippen LogP contribution in [0.5, 0.6) is 5.75 Å². The van der Waals surface area contributed by atoms with Crippen molar-refractivity contribution in [2.24, 2.45) is 5.92 Å². The number of nitrogens with zero attached hydrogens (tertiary/aromatic N) is 2. The Morgan fingerprint density at radius 2 is 1.91 bits per heavy atom. The Balaban J connectivity index is 1.61. The molecule has 5 rings (SSSR count). The molecule has 3 heterocycles. The first-order valence-electron chi connectivity index (χ1n) is 11.5. The standard InChI is InChI=1S/C28H26N2O4/c1-18(2)12-14-33-21-9-5-8-20(15-21)25-24-26(31)22-10-3-4-11-23(22)34-27(24)28(32)30(25)17-19-7-6-13-29-16-19/h3-11,13,15-16,18,25H,12,14,17H2,1-2H3. The molecule has 2 aromatic heterocycles. The van der Waals surface area contributed by atoms with Crippen molar-refractivity contribution in [2.75, 3.05) is 6.61 Å². The second-order valence-electron chi connectivity index (χ2n) is 8.97. The molecular weight excluding hydrogens is 428 g/mol. The van der Waals surface area contributed by atoms with Gasteiger partial charge in [0.05, 0.1) is 23.6 Å². The van der Waals surface area contributed by atoms with Crippen molar-refractivity contribution < 1.29 is 13.9 Å². The largest absolute Gasteiger partial charge is 0.494 e. The molecule has 0 saturated heterocycles. The minimum Gasteiger partial charge on any atom is -0.494 e. The highest BCUT2D eigenvalue weighted by Gasteiger charge is 2.42. The molecule has 1 amide bonds. The molecule has 4 aromatic rings. The summed E-state index contributed by atoms with van der Waals surface area (Å²) in [5.41, 5.74) is 2.27. The lowest BCUT2D eigenvalue weighted by molar-refractivity contribution is 0.0714. The molecule has 0 N–H and O–H groups in total. The molecule has 1 aliphatic rings. The molecule has 0 aliphatic carbocycles. The Morgan fingerprint density at radius 1 is 1.06 bits per heavy atom. The molecular formula is C28H26N2O4.